The molecule has 0 radical (unpaired) electrons. The van der Waals surface area contributed by atoms with Gasteiger partial charge in [0.2, 0.25) is 0 Å². The number of carboxylic acid groups (broad SMARTS) is 1. The molecular weight excluding hydrogens is 242 g/mol. The first kappa shape index (κ1) is 17.6. The lowest BCUT2D eigenvalue weighted by atomic mass is 9.95. The highest BCUT2D eigenvalue weighted by atomic mass is 16.4. The molecule has 2 atom stereocenters. The third kappa shape index (κ3) is 7.59. The summed E-state index contributed by atoms with van der Waals surface area (Å²) in [4.78, 5) is 10.2. The molecule has 0 aromatic heterocycles. The number of carboxylic acids is 1. The van der Waals surface area contributed by atoms with Crippen LogP contribution in [0.15, 0.2) is 30.3 Å². The van der Waals surface area contributed by atoms with Crippen LogP contribution in [0, 0.1) is 5.92 Å². The van der Waals surface area contributed by atoms with E-state index in [0.717, 1.165) is 0 Å². The number of aliphatic hydroxyl groups is 1. The Hall–Kier alpha value is -1.39. The van der Waals surface area contributed by atoms with E-state index in [4.69, 9.17) is 5.11 Å². The maximum Gasteiger partial charge on any atom is 0.107 e. The standard InChI is InChI=1S/C8H11N.C7H14O3/c1-7(9)8-5-3-2-4-6-8;1-5(2)4-7(3,10)6(8)9/h2-7H,9H2,1H3;5,10H,4H2,1-3H3,(H,8,9)/t2*7-/m00/s1. The molecule has 0 spiro atoms. The van der Waals surface area contributed by atoms with Gasteiger partial charge in [-0.15, -0.1) is 0 Å². The quantitative estimate of drug-likeness (QED) is 0.833. The average molecular weight is 267 g/mol. The van der Waals surface area contributed by atoms with Gasteiger partial charge in [-0.05, 0) is 26.2 Å². The van der Waals surface area contributed by atoms with E-state index < -0.39 is 11.6 Å². The van der Waals surface area contributed by atoms with Crippen LogP contribution in [-0.2, 0) is 4.79 Å². The Morgan fingerprint density at radius 3 is 2.00 bits per heavy atom. The highest BCUT2D eigenvalue weighted by Gasteiger charge is 2.22. The Kier molecular flexibility index (Phi) is 7.34. The molecule has 0 unspecified atom stereocenters. The Morgan fingerprint density at radius 1 is 1.32 bits per heavy atom. The van der Waals surface area contributed by atoms with Crippen LogP contribution in [0.4, 0.5) is 0 Å². The average Bonchev–Trinajstić information content (AvgIpc) is 2.29. The van der Waals surface area contributed by atoms with Gasteiger partial charge in [-0.1, -0.05) is 44.2 Å². The van der Waals surface area contributed by atoms with Crippen molar-refractivity contribution in [2.75, 3.05) is 0 Å². The summed E-state index contributed by atoms with van der Waals surface area (Å²) in [6.45, 7) is 7.03. The van der Waals surface area contributed by atoms with Crippen LogP contribution < -0.4 is 10.8 Å². The summed E-state index contributed by atoms with van der Waals surface area (Å²) in [6.07, 6.45) is 0.231. The van der Waals surface area contributed by atoms with Crippen LogP contribution in [0.3, 0.4) is 0 Å². The molecule has 0 fully saturated rings. The predicted molar refractivity (Wildman–Crippen MR) is 72.8 cm³/mol. The number of carbonyl (C=O) groups is 1. The van der Waals surface area contributed by atoms with Crippen molar-refractivity contribution in [1.29, 1.82) is 0 Å². The number of hydrogen-bond donors (Lipinski definition) is 2. The van der Waals surface area contributed by atoms with Gasteiger partial charge >= 0.3 is 0 Å². The van der Waals surface area contributed by atoms with E-state index in [-0.39, 0.29) is 12.3 Å². The first-order valence-electron chi connectivity index (χ1n) is 6.48. The first-order chi connectivity index (χ1) is 8.66. The Balaban J connectivity index is 0.000000342. The topological polar surface area (TPSA) is 88.0 Å². The summed E-state index contributed by atoms with van der Waals surface area (Å²) in [6, 6.07) is 10.7. The second-order valence-corrected chi connectivity index (χ2v) is 5.47. The van der Waals surface area contributed by atoms with Gasteiger partial charge in [-0.2, -0.15) is 0 Å². The molecule has 4 heteroatoms. The fraction of sp³-hybridized carbons (Fsp3) is 0.533. The molecule has 1 aromatic carbocycles. The van der Waals surface area contributed by atoms with Gasteiger partial charge in [0.1, 0.15) is 11.6 Å². The lowest BCUT2D eigenvalue weighted by molar-refractivity contribution is -0.420. The Morgan fingerprint density at radius 2 is 1.79 bits per heavy atom. The minimum atomic E-state index is -1.67. The normalized spacial score (nSPS) is 15.1. The molecule has 19 heavy (non-hydrogen) atoms. The summed E-state index contributed by atoms with van der Waals surface area (Å²) in [7, 11) is 0. The smallest absolute Gasteiger partial charge is 0.107 e. The second-order valence-electron chi connectivity index (χ2n) is 5.47. The monoisotopic (exact) mass is 267 g/mol. The molecule has 0 aliphatic heterocycles. The number of aliphatic carboxylic acids is 1. The maximum atomic E-state index is 10.2. The van der Waals surface area contributed by atoms with E-state index in [0.29, 0.717) is 6.04 Å². The summed E-state index contributed by atoms with van der Waals surface area (Å²) >= 11 is 0. The van der Waals surface area contributed by atoms with E-state index in [2.05, 4.69) is 24.8 Å². The molecule has 0 heterocycles. The molecule has 0 amide bonds. The lowest BCUT2D eigenvalue weighted by Gasteiger charge is -2.25. The summed E-state index contributed by atoms with van der Waals surface area (Å²) in [5.74, 6) is -1.24. The van der Waals surface area contributed by atoms with Crippen molar-refractivity contribution in [3.8, 4) is 0 Å². The molecule has 0 saturated carbocycles. The molecule has 0 aliphatic carbocycles. The van der Waals surface area contributed by atoms with Crippen molar-refractivity contribution >= 4 is 5.97 Å². The molecule has 0 aliphatic rings. The van der Waals surface area contributed by atoms with Crippen molar-refractivity contribution in [1.82, 2.24) is 0 Å². The zero-order chi connectivity index (χ0) is 15.1. The van der Waals surface area contributed by atoms with Crippen LogP contribution in [0.5, 0.6) is 0 Å². The largest absolute Gasteiger partial charge is 0.547 e. The van der Waals surface area contributed by atoms with E-state index in [1.165, 1.54) is 12.5 Å². The van der Waals surface area contributed by atoms with Crippen molar-refractivity contribution in [2.45, 2.75) is 45.8 Å². The van der Waals surface area contributed by atoms with Gasteiger partial charge in [-0.25, -0.2) is 0 Å². The highest BCUT2D eigenvalue weighted by molar-refractivity contribution is 5.74. The fourth-order valence-electron chi connectivity index (χ4n) is 1.66. The second kappa shape index (κ2) is 7.92. The number of quaternary nitrogens is 1. The first-order valence-corrected chi connectivity index (χ1v) is 6.48. The molecular formula is C15H25NO3. The van der Waals surface area contributed by atoms with Gasteiger partial charge < -0.3 is 20.7 Å². The van der Waals surface area contributed by atoms with Gasteiger partial charge in [0.05, 0.1) is 5.97 Å². The van der Waals surface area contributed by atoms with Gasteiger partial charge in [0, 0.05) is 5.56 Å². The minimum absolute atomic E-state index is 0.160. The fourth-order valence-corrected chi connectivity index (χ4v) is 1.66. The molecule has 4 N–H and O–H groups in total. The summed E-state index contributed by atoms with van der Waals surface area (Å²) < 4.78 is 0. The molecule has 0 bridgehead atoms. The van der Waals surface area contributed by atoms with Crippen LogP contribution in [0.2, 0.25) is 0 Å². The highest BCUT2D eigenvalue weighted by Crippen LogP contribution is 2.14. The number of rotatable bonds is 4. The molecule has 108 valence electrons. The number of carbonyl (C=O) groups excluding carboxylic acids is 1. The third-order valence-corrected chi connectivity index (χ3v) is 2.61. The van der Waals surface area contributed by atoms with E-state index in [1.807, 2.05) is 32.0 Å². The van der Waals surface area contributed by atoms with Crippen molar-refractivity contribution in [3.63, 3.8) is 0 Å². The van der Waals surface area contributed by atoms with Crippen molar-refractivity contribution < 1.29 is 20.7 Å². The zero-order valence-electron chi connectivity index (χ0n) is 12.2. The van der Waals surface area contributed by atoms with Crippen LogP contribution in [0.25, 0.3) is 0 Å². The Bertz CT molecular complexity index is 372. The zero-order valence-corrected chi connectivity index (χ0v) is 12.2. The minimum Gasteiger partial charge on any atom is -0.547 e. The van der Waals surface area contributed by atoms with Gasteiger partial charge in [0.25, 0.3) is 0 Å². The van der Waals surface area contributed by atoms with Crippen LogP contribution in [-0.4, -0.2) is 16.7 Å². The SMILES string of the molecule is CC(C)C[C@](C)(O)C(=O)[O-].C[C@H]([NH3+])c1ccccc1. The van der Waals surface area contributed by atoms with Gasteiger partial charge in [-0.3, -0.25) is 0 Å². The van der Waals surface area contributed by atoms with Gasteiger partial charge in [0.15, 0.2) is 0 Å². The molecule has 4 nitrogen and oxygen atoms in total. The molecule has 0 saturated heterocycles. The molecule has 1 aromatic rings. The Labute approximate surface area is 115 Å². The van der Waals surface area contributed by atoms with E-state index in [1.54, 1.807) is 0 Å². The maximum absolute atomic E-state index is 10.2. The third-order valence-electron chi connectivity index (χ3n) is 2.61. The predicted octanol–water partition coefficient (Wildman–Crippen LogP) is 0.523. The van der Waals surface area contributed by atoms with Crippen molar-refractivity contribution in [3.05, 3.63) is 35.9 Å². The van der Waals surface area contributed by atoms with E-state index >= 15 is 0 Å². The van der Waals surface area contributed by atoms with Crippen LogP contribution >= 0.6 is 0 Å². The number of benzene rings is 1. The summed E-state index contributed by atoms with van der Waals surface area (Å²) in [5, 5.41) is 19.3. The molecule has 1 rings (SSSR count). The van der Waals surface area contributed by atoms with E-state index in [9.17, 15) is 9.90 Å². The number of hydrogen-bond acceptors (Lipinski definition) is 3. The summed E-state index contributed by atoms with van der Waals surface area (Å²) in [5.41, 5.74) is 3.54. The van der Waals surface area contributed by atoms with Crippen molar-refractivity contribution in [2.24, 2.45) is 5.92 Å². The lowest BCUT2D eigenvalue weighted by Crippen LogP contribution is -2.51. The van der Waals surface area contributed by atoms with Crippen LogP contribution in [0.1, 0.15) is 45.7 Å².